The van der Waals surface area contributed by atoms with Crippen LogP contribution in [0.25, 0.3) is 0 Å². The maximum Gasteiger partial charge on any atom is 0.223 e. The number of aromatic nitrogens is 1. The molecule has 1 aromatic heterocycles. The van der Waals surface area contributed by atoms with Crippen molar-refractivity contribution < 1.29 is 4.79 Å². The number of carbonyl (C=O) groups is 1. The highest BCUT2D eigenvalue weighted by Gasteiger charge is 2.22. The molecular formula is C20H32N6O. The van der Waals surface area contributed by atoms with Gasteiger partial charge in [0, 0.05) is 56.2 Å². The van der Waals surface area contributed by atoms with Crippen molar-refractivity contribution in [3.8, 4) is 0 Å². The topological polar surface area (TPSA) is 98.3 Å². The van der Waals surface area contributed by atoms with E-state index < -0.39 is 0 Å². The standard InChI is InChI=1S/C20H32N6O/c1-25-11-13-26(14-12-25)18(27)8-7-16(21)19-17(22)9-10-23-20(19)24-15-5-3-2-4-6-15/h9-10,15,21H,2-8,11-14H2,1H3,(H3,22,23,24). The highest BCUT2D eigenvalue weighted by atomic mass is 16.2. The molecular weight excluding hydrogens is 340 g/mol. The van der Waals surface area contributed by atoms with Gasteiger partial charge in [-0.15, -0.1) is 0 Å². The van der Waals surface area contributed by atoms with Crippen LogP contribution < -0.4 is 11.1 Å². The molecule has 0 atom stereocenters. The number of pyridine rings is 1. The summed E-state index contributed by atoms with van der Waals surface area (Å²) < 4.78 is 0. The van der Waals surface area contributed by atoms with Gasteiger partial charge in [-0.2, -0.15) is 0 Å². The van der Waals surface area contributed by atoms with Crippen molar-refractivity contribution >= 4 is 23.1 Å². The van der Waals surface area contributed by atoms with Gasteiger partial charge >= 0.3 is 0 Å². The minimum atomic E-state index is 0.122. The zero-order chi connectivity index (χ0) is 19.2. The second kappa shape index (κ2) is 9.17. The maximum atomic E-state index is 12.5. The van der Waals surface area contributed by atoms with Gasteiger partial charge in [0.2, 0.25) is 5.91 Å². The van der Waals surface area contributed by atoms with Crippen LogP contribution in [-0.2, 0) is 4.79 Å². The molecule has 2 aliphatic rings. The van der Waals surface area contributed by atoms with E-state index in [0.717, 1.165) is 39.0 Å². The number of carbonyl (C=O) groups excluding carboxylic acids is 1. The minimum Gasteiger partial charge on any atom is -0.398 e. The summed E-state index contributed by atoms with van der Waals surface area (Å²) in [5, 5.41) is 12.0. The number of hydrogen-bond donors (Lipinski definition) is 3. The van der Waals surface area contributed by atoms with Gasteiger partial charge in [-0.3, -0.25) is 4.79 Å². The zero-order valence-corrected chi connectivity index (χ0v) is 16.3. The molecule has 7 heteroatoms. The smallest absolute Gasteiger partial charge is 0.223 e. The molecule has 7 nitrogen and oxygen atoms in total. The lowest BCUT2D eigenvalue weighted by molar-refractivity contribution is -0.132. The maximum absolute atomic E-state index is 12.5. The molecule has 4 N–H and O–H groups in total. The Morgan fingerprint density at radius 2 is 1.93 bits per heavy atom. The van der Waals surface area contributed by atoms with Crippen LogP contribution in [0.4, 0.5) is 11.5 Å². The third-order valence-corrected chi connectivity index (χ3v) is 5.68. The summed E-state index contributed by atoms with van der Waals surface area (Å²) in [4.78, 5) is 21.1. The largest absolute Gasteiger partial charge is 0.398 e. The van der Waals surface area contributed by atoms with Gasteiger partial charge in [-0.1, -0.05) is 19.3 Å². The van der Waals surface area contributed by atoms with Crippen molar-refractivity contribution in [1.82, 2.24) is 14.8 Å². The molecule has 0 spiro atoms. The summed E-state index contributed by atoms with van der Waals surface area (Å²) in [6, 6.07) is 2.13. The zero-order valence-electron chi connectivity index (χ0n) is 16.3. The van der Waals surface area contributed by atoms with E-state index in [1.54, 1.807) is 12.3 Å². The molecule has 3 rings (SSSR count). The van der Waals surface area contributed by atoms with Gasteiger partial charge in [0.15, 0.2) is 0 Å². The summed E-state index contributed by atoms with van der Waals surface area (Å²) in [7, 11) is 2.07. The van der Waals surface area contributed by atoms with E-state index >= 15 is 0 Å². The molecule has 1 saturated carbocycles. The lowest BCUT2D eigenvalue weighted by Gasteiger charge is -2.32. The fourth-order valence-electron chi connectivity index (χ4n) is 3.91. The van der Waals surface area contributed by atoms with Gasteiger partial charge in [0.1, 0.15) is 5.82 Å². The summed E-state index contributed by atoms with van der Waals surface area (Å²) in [5.74, 6) is 0.816. The second-order valence-electron chi connectivity index (χ2n) is 7.77. The number of nitrogens with two attached hydrogens (primary N) is 1. The Bertz CT molecular complexity index is 662. The molecule has 0 bridgehead atoms. The highest BCUT2D eigenvalue weighted by molar-refractivity contribution is 6.07. The predicted molar refractivity (Wildman–Crippen MR) is 109 cm³/mol. The van der Waals surface area contributed by atoms with E-state index in [4.69, 9.17) is 11.1 Å². The Balaban J connectivity index is 1.61. The van der Waals surface area contributed by atoms with E-state index in [2.05, 4.69) is 22.2 Å². The highest BCUT2D eigenvalue weighted by Crippen LogP contribution is 2.26. The number of anilines is 2. The van der Waals surface area contributed by atoms with E-state index in [1.807, 2.05) is 4.90 Å². The molecule has 27 heavy (non-hydrogen) atoms. The van der Waals surface area contributed by atoms with Gasteiger partial charge in [-0.25, -0.2) is 4.98 Å². The van der Waals surface area contributed by atoms with Crippen LogP contribution in [0, 0.1) is 5.41 Å². The van der Waals surface area contributed by atoms with E-state index in [9.17, 15) is 4.79 Å². The number of likely N-dealkylation sites (N-methyl/N-ethyl adjacent to an activating group) is 1. The number of nitrogens with zero attached hydrogens (tertiary/aromatic N) is 3. The van der Waals surface area contributed by atoms with Crippen LogP contribution in [-0.4, -0.2) is 65.7 Å². The van der Waals surface area contributed by atoms with Crippen LogP contribution in [0.2, 0.25) is 0 Å². The first-order valence-electron chi connectivity index (χ1n) is 10.1. The van der Waals surface area contributed by atoms with Crippen molar-refractivity contribution in [2.75, 3.05) is 44.3 Å². The SMILES string of the molecule is CN1CCN(C(=O)CCC(=N)c2c(N)ccnc2NC2CCCCC2)CC1. The third kappa shape index (κ3) is 5.19. The van der Waals surface area contributed by atoms with E-state index in [-0.39, 0.29) is 5.91 Å². The van der Waals surface area contributed by atoms with Gasteiger partial charge in [-0.05, 0) is 32.4 Å². The molecule has 1 aromatic rings. The molecule has 148 valence electrons. The van der Waals surface area contributed by atoms with Crippen LogP contribution in [0.5, 0.6) is 0 Å². The first-order valence-corrected chi connectivity index (χ1v) is 10.1. The van der Waals surface area contributed by atoms with Gasteiger partial charge in [0.25, 0.3) is 0 Å². The van der Waals surface area contributed by atoms with Crippen molar-refractivity contribution in [2.45, 2.75) is 51.0 Å². The van der Waals surface area contributed by atoms with Crippen molar-refractivity contribution in [1.29, 1.82) is 5.41 Å². The summed E-state index contributed by atoms with van der Waals surface area (Å²) in [6.07, 6.45) is 8.43. The van der Waals surface area contributed by atoms with Crippen LogP contribution >= 0.6 is 0 Å². The van der Waals surface area contributed by atoms with Crippen molar-refractivity contribution in [3.05, 3.63) is 17.8 Å². The molecule has 1 aliphatic carbocycles. The molecule has 1 aliphatic heterocycles. The number of piperazine rings is 1. The Morgan fingerprint density at radius 3 is 2.63 bits per heavy atom. The van der Waals surface area contributed by atoms with Crippen LogP contribution in [0.1, 0.15) is 50.5 Å². The number of hydrogen-bond acceptors (Lipinski definition) is 6. The second-order valence-corrected chi connectivity index (χ2v) is 7.77. The number of rotatable bonds is 6. The predicted octanol–water partition coefficient (Wildman–Crippen LogP) is 2.33. The number of nitrogen functional groups attached to an aromatic ring is 1. The quantitative estimate of drug-likeness (QED) is 0.666. The number of amides is 1. The van der Waals surface area contributed by atoms with Crippen LogP contribution in [0.3, 0.4) is 0 Å². The monoisotopic (exact) mass is 372 g/mol. The minimum absolute atomic E-state index is 0.122. The van der Waals surface area contributed by atoms with Gasteiger partial charge in [0.05, 0.1) is 5.56 Å². The Morgan fingerprint density at radius 1 is 1.22 bits per heavy atom. The Kier molecular flexibility index (Phi) is 6.66. The molecule has 1 saturated heterocycles. The molecule has 0 unspecified atom stereocenters. The molecule has 2 heterocycles. The van der Waals surface area contributed by atoms with Crippen molar-refractivity contribution in [3.63, 3.8) is 0 Å². The average molecular weight is 373 g/mol. The molecule has 2 fully saturated rings. The van der Waals surface area contributed by atoms with E-state index in [0.29, 0.717) is 41.7 Å². The molecule has 0 aromatic carbocycles. The first-order chi connectivity index (χ1) is 13.0. The normalized spacial score (nSPS) is 19.1. The lowest BCUT2D eigenvalue weighted by Crippen LogP contribution is -2.47. The van der Waals surface area contributed by atoms with Crippen molar-refractivity contribution in [2.24, 2.45) is 0 Å². The summed E-state index contributed by atoms with van der Waals surface area (Å²) in [6.45, 7) is 3.36. The lowest BCUT2D eigenvalue weighted by atomic mass is 9.95. The molecule has 0 radical (unpaired) electrons. The average Bonchev–Trinajstić information content (AvgIpc) is 2.67. The Labute approximate surface area is 161 Å². The van der Waals surface area contributed by atoms with Gasteiger partial charge < -0.3 is 26.3 Å². The van der Waals surface area contributed by atoms with E-state index in [1.165, 1.54) is 19.3 Å². The Hall–Kier alpha value is -2.15. The van der Waals surface area contributed by atoms with Crippen LogP contribution in [0.15, 0.2) is 12.3 Å². The fourth-order valence-corrected chi connectivity index (χ4v) is 3.91. The number of nitrogens with one attached hydrogen (secondary N) is 2. The fraction of sp³-hybridized carbons (Fsp3) is 0.650. The third-order valence-electron chi connectivity index (χ3n) is 5.68. The first kappa shape index (κ1) is 19.6. The summed E-state index contributed by atoms with van der Waals surface area (Å²) in [5.41, 5.74) is 7.78. The molecule has 1 amide bonds. The summed E-state index contributed by atoms with van der Waals surface area (Å²) >= 11 is 0.